The second kappa shape index (κ2) is 7.62. The highest BCUT2D eigenvalue weighted by Gasteiger charge is 2.52. The van der Waals surface area contributed by atoms with Crippen molar-refractivity contribution in [3.8, 4) is 0 Å². The van der Waals surface area contributed by atoms with E-state index < -0.39 is 48.4 Å². The van der Waals surface area contributed by atoms with E-state index >= 15 is 0 Å². The third-order valence-corrected chi connectivity index (χ3v) is 4.47. The van der Waals surface area contributed by atoms with Crippen LogP contribution in [0, 0.1) is 5.41 Å². The van der Waals surface area contributed by atoms with Gasteiger partial charge in [-0.2, -0.15) is 0 Å². The van der Waals surface area contributed by atoms with Crippen molar-refractivity contribution in [2.24, 2.45) is 5.41 Å². The third-order valence-electron chi connectivity index (χ3n) is 4.47. The molecule has 6 atom stereocenters. The van der Waals surface area contributed by atoms with Crippen LogP contribution in [-0.2, 0) is 28.5 Å². The van der Waals surface area contributed by atoms with Crippen LogP contribution in [0.25, 0.3) is 0 Å². The van der Waals surface area contributed by atoms with Gasteiger partial charge < -0.3 is 28.8 Å². The Balaban J connectivity index is 1.82. The minimum atomic E-state index is -1.16. The monoisotopic (exact) mass is 366 g/mol. The highest BCUT2D eigenvalue weighted by atomic mass is 16.8. The van der Waals surface area contributed by atoms with Gasteiger partial charge in [0, 0.05) is 12.7 Å². The standard InChI is InChI=1S/C19H26O7/c1-19(2,3)18(21)26-15-13(20)17(22-4)24-12-10-23-16(25-14(12)15)11-8-6-5-7-9-11/h5-9,12-17,20H,10H2,1-4H3/t12-,13-,14-,15+,16?,17+/m1/s1. The van der Waals surface area contributed by atoms with E-state index in [0.29, 0.717) is 0 Å². The number of hydrogen-bond donors (Lipinski definition) is 1. The summed E-state index contributed by atoms with van der Waals surface area (Å²) < 4.78 is 28.3. The van der Waals surface area contributed by atoms with Crippen LogP contribution >= 0.6 is 0 Å². The molecule has 0 bridgehead atoms. The lowest BCUT2D eigenvalue weighted by Gasteiger charge is -2.47. The summed E-state index contributed by atoms with van der Waals surface area (Å²) in [5, 5.41) is 10.6. The number of fused-ring (bicyclic) bond motifs is 1. The second-order valence-corrected chi connectivity index (χ2v) is 7.57. The average Bonchev–Trinajstić information content (AvgIpc) is 2.63. The molecular formula is C19H26O7. The lowest BCUT2D eigenvalue weighted by molar-refractivity contribution is -0.359. The van der Waals surface area contributed by atoms with E-state index in [1.807, 2.05) is 30.3 Å². The molecular weight excluding hydrogens is 340 g/mol. The summed E-state index contributed by atoms with van der Waals surface area (Å²) in [6.07, 6.45) is -4.80. The van der Waals surface area contributed by atoms with Crippen molar-refractivity contribution in [1.82, 2.24) is 0 Å². The maximum absolute atomic E-state index is 12.4. The number of aliphatic hydroxyl groups is 1. The van der Waals surface area contributed by atoms with Gasteiger partial charge >= 0.3 is 5.97 Å². The number of rotatable bonds is 3. The van der Waals surface area contributed by atoms with Gasteiger partial charge in [-0.15, -0.1) is 0 Å². The van der Waals surface area contributed by atoms with Gasteiger partial charge in [-0.25, -0.2) is 0 Å². The summed E-state index contributed by atoms with van der Waals surface area (Å²) >= 11 is 0. The van der Waals surface area contributed by atoms with Crippen molar-refractivity contribution in [2.45, 2.75) is 57.8 Å². The fourth-order valence-electron chi connectivity index (χ4n) is 2.97. The molecule has 1 aromatic rings. The van der Waals surface area contributed by atoms with E-state index in [1.165, 1.54) is 7.11 Å². The van der Waals surface area contributed by atoms with E-state index in [2.05, 4.69) is 0 Å². The lowest BCUT2D eigenvalue weighted by Crippen LogP contribution is -2.63. The molecule has 2 aliphatic rings. The van der Waals surface area contributed by atoms with Gasteiger partial charge in [0.2, 0.25) is 0 Å². The fourth-order valence-corrected chi connectivity index (χ4v) is 2.97. The van der Waals surface area contributed by atoms with Crippen LogP contribution in [0.2, 0.25) is 0 Å². The first-order valence-corrected chi connectivity index (χ1v) is 8.70. The Hall–Kier alpha value is -1.51. The fraction of sp³-hybridized carbons (Fsp3) is 0.632. The molecule has 2 heterocycles. The van der Waals surface area contributed by atoms with Gasteiger partial charge in [0.25, 0.3) is 0 Å². The molecule has 26 heavy (non-hydrogen) atoms. The summed E-state index contributed by atoms with van der Waals surface area (Å²) in [5.74, 6) is -0.427. The Morgan fingerprint density at radius 1 is 1.19 bits per heavy atom. The quantitative estimate of drug-likeness (QED) is 0.817. The first-order valence-electron chi connectivity index (χ1n) is 8.70. The average molecular weight is 366 g/mol. The third kappa shape index (κ3) is 3.92. The van der Waals surface area contributed by atoms with Crippen LogP contribution in [0.15, 0.2) is 30.3 Å². The van der Waals surface area contributed by atoms with E-state index in [4.69, 9.17) is 23.7 Å². The highest BCUT2D eigenvalue weighted by Crippen LogP contribution is 2.36. The number of ether oxygens (including phenoxy) is 5. The lowest BCUT2D eigenvalue weighted by atomic mass is 9.94. The van der Waals surface area contributed by atoms with Gasteiger partial charge in [-0.1, -0.05) is 30.3 Å². The van der Waals surface area contributed by atoms with Crippen molar-refractivity contribution < 1.29 is 33.6 Å². The minimum absolute atomic E-state index is 0.236. The summed E-state index contributed by atoms with van der Waals surface area (Å²) in [6, 6.07) is 9.45. The Morgan fingerprint density at radius 2 is 1.88 bits per heavy atom. The van der Waals surface area contributed by atoms with E-state index in [1.54, 1.807) is 20.8 Å². The SMILES string of the molecule is CO[C@H]1O[C@@H]2COC(c3ccccc3)O[C@H]2[C@@H](OC(=O)C(C)(C)C)[C@H]1O. The minimum Gasteiger partial charge on any atom is -0.456 e. The summed E-state index contributed by atoms with van der Waals surface area (Å²) in [5.41, 5.74) is 0.135. The topological polar surface area (TPSA) is 83.5 Å². The van der Waals surface area contributed by atoms with Gasteiger partial charge in [-0.05, 0) is 20.8 Å². The zero-order chi connectivity index (χ0) is 18.9. The molecule has 1 unspecified atom stereocenters. The molecule has 1 N–H and O–H groups in total. The number of hydrogen-bond acceptors (Lipinski definition) is 7. The highest BCUT2D eigenvalue weighted by molar-refractivity contribution is 5.75. The van der Waals surface area contributed by atoms with Crippen molar-refractivity contribution in [1.29, 1.82) is 0 Å². The van der Waals surface area contributed by atoms with Gasteiger partial charge in [0.1, 0.15) is 18.3 Å². The van der Waals surface area contributed by atoms with Gasteiger partial charge in [-0.3, -0.25) is 4.79 Å². The molecule has 0 amide bonds. The molecule has 1 aromatic carbocycles. The molecule has 0 aromatic heterocycles. The van der Waals surface area contributed by atoms with E-state index in [9.17, 15) is 9.90 Å². The van der Waals surface area contributed by atoms with E-state index in [-0.39, 0.29) is 6.61 Å². The number of methoxy groups -OCH3 is 1. The summed E-state index contributed by atoms with van der Waals surface area (Å²) in [4.78, 5) is 12.4. The van der Waals surface area contributed by atoms with Crippen molar-refractivity contribution in [2.75, 3.05) is 13.7 Å². The van der Waals surface area contributed by atoms with Crippen molar-refractivity contribution in [3.05, 3.63) is 35.9 Å². The second-order valence-electron chi connectivity index (χ2n) is 7.57. The number of benzene rings is 1. The van der Waals surface area contributed by atoms with Crippen LogP contribution in [0.5, 0.6) is 0 Å². The molecule has 2 aliphatic heterocycles. The molecule has 0 aliphatic carbocycles. The van der Waals surface area contributed by atoms with E-state index in [0.717, 1.165) is 5.56 Å². The largest absolute Gasteiger partial charge is 0.456 e. The Morgan fingerprint density at radius 3 is 2.50 bits per heavy atom. The van der Waals surface area contributed by atoms with Crippen LogP contribution in [0.3, 0.4) is 0 Å². The van der Waals surface area contributed by atoms with Crippen molar-refractivity contribution in [3.63, 3.8) is 0 Å². The molecule has 0 spiro atoms. The predicted molar refractivity (Wildman–Crippen MR) is 91.0 cm³/mol. The Kier molecular flexibility index (Phi) is 5.64. The van der Waals surface area contributed by atoms with Crippen LogP contribution < -0.4 is 0 Å². The molecule has 7 nitrogen and oxygen atoms in total. The zero-order valence-corrected chi connectivity index (χ0v) is 15.5. The summed E-state index contributed by atoms with van der Waals surface area (Å²) in [6.45, 7) is 5.50. The summed E-state index contributed by atoms with van der Waals surface area (Å²) in [7, 11) is 1.42. The Labute approximate surface area is 153 Å². The number of carbonyl (C=O) groups excluding carboxylic acids is 1. The molecule has 3 rings (SSSR count). The number of aliphatic hydroxyl groups excluding tert-OH is 1. The Bertz CT molecular complexity index is 612. The smallest absolute Gasteiger partial charge is 0.311 e. The van der Waals surface area contributed by atoms with Crippen LogP contribution in [-0.4, -0.2) is 55.5 Å². The maximum atomic E-state index is 12.4. The molecule has 0 saturated carbocycles. The molecule has 7 heteroatoms. The van der Waals surface area contributed by atoms with Crippen LogP contribution in [0.4, 0.5) is 0 Å². The number of carbonyl (C=O) groups is 1. The normalized spacial score (nSPS) is 34.8. The van der Waals surface area contributed by atoms with Crippen molar-refractivity contribution >= 4 is 5.97 Å². The molecule has 2 fully saturated rings. The van der Waals surface area contributed by atoms with Crippen LogP contribution in [0.1, 0.15) is 32.6 Å². The molecule has 144 valence electrons. The van der Waals surface area contributed by atoms with Gasteiger partial charge in [0.15, 0.2) is 18.7 Å². The predicted octanol–water partition coefficient (Wildman–Crippen LogP) is 1.79. The first kappa shape index (κ1) is 19.3. The zero-order valence-electron chi connectivity index (χ0n) is 15.5. The first-order chi connectivity index (χ1) is 12.3. The maximum Gasteiger partial charge on any atom is 0.311 e. The van der Waals surface area contributed by atoms with Gasteiger partial charge in [0.05, 0.1) is 12.0 Å². The molecule has 2 saturated heterocycles. The molecule has 0 radical (unpaired) electrons. The number of esters is 1.